The van der Waals surface area contributed by atoms with Crippen LogP contribution in [0.15, 0.2) is 51.9 Å². The van der Waals surface area contributed by atoms with Crippen molar-refractivity contribution in [2.75, 3.05) is 5.32 Å². The van der Waals surface area contributed by atoms with Gasteiger partial charge < -0.3 is 10.6 Å². The molecule has 1 aliphatic rings. The van der Waals surface area contributed by atoms with Gasteiger partial charge in [0.1, 0.15) is 5.25 Å². The van der Waals surface area contributed by atoms with Crippen LogP contribution in [0.5, 0.6) is 0 Å². The summed E-state index contributed by atoms with van der Waals surface area (Å²) < 4.78 is 0.929. The van der Waals surface area contributed by atoms with Crippen LogP contribution in [-0.4, -0.2) is 22.2 Å². The van der Waals surface area contributed by atoms with Gasteiger partial charge >= 0.3 is 0 Å². The van der Waals surface area contributed by atoms with Crippen LogP contribution in [0.3, 0.4) is 0 Å². The molecule has 1 saturated heterocycles. The van der Waals surface area contributed by atoms with E-state index in [0.717, 1.165) is 10.0 Å². The number of halogens is 2. The molecule has 2 aromatic carbocycles. The van der Waals surface area contributed by atoms with E-state index in [4.69, 9.17) is 11.6 Å². The molecule has 8 heteroatoms. The summed E-state index contributed by atoms with van der Waals surface area (Å²) in [5, 5.41) is 6.07. The van der Waals surface area contributed by atoms with Crippen molar-refractivity contribution in [1.82, 2.24) is 5.32 Å². The predicted octanol–water partition coefficient (Wildman–Crippen LogP) is 4.66. The molecule has 2 aromatic rings. The number of hydrogen-bond donors (Lipinski definition) is 2. The summed E-state index contributed by atoms with van der Waals surface area (Å²) >= 11 is 10.7. The van der Waals surface area contributed by atoms with Crippen LogP contribution >= 0.6 is 39.3 Å². The van der Waals surface area contributed by atoms with Crippen LogP contribution in [-0.2, 0) is 9.59 Å². The topological polar surface area (TPSA) is 70.6 Å². The number of nitrogens with zero attached hydrogens (tertiary/aromatic N) is 1. The Bertz CT molecular complexity index is 887. The lowest BCUT2D eigenvalue weighted by Crippen LogP contribution is -2.28. The number of nitrogens with one attached hydrogen (secondary N) is 2. The molecule has 1 fully saturated rings. The number of benzene rings is 2. The molecule has 3 rings (SSSR count). The van der Waals surface area contributed by atoms with Crippen molar-refractivity contribution in [3.05, 3.63) is 57.5 Å². The highest BCUT2D eigenvalue weighted by Crippen LogP contribution is 2.27. The van der Waals surface area contributed by atoms with E-state index in [9.17, 15) is 9.59 Å². The minimum atomic E-state index is -0.509. The Kier molecular flexibility index (Phi) is 6.01. The largest absolute Gasteiger partial charge is 0.326 e. The van der Waals surface area contributed by atoms with Gasteiger partial charge in [-0.3, -0.25) is 9.59 Å². The first-order chi connectivity index (χ1) is 12.4. The van der Waals surface area contributed by atoms with Crippen molar-refractivity contribution in [3.8, 4) is 0 Å². The van der Waals surface area contributed by atoms with Gasteiger partial charge in [-0.25, -0.2) is 4.99 Å². The quantitative estimate of drug-likeness (QED) is 0.709. The molecule has 134 valence electrons. The van der Waals surface area contributed by atoms with E-state index in [1.54, 1.807) is 18.2 Å². The fraction of sp³-hybridized carbons (Fsp3) is 0.167. The van der Waals surface area contributed by atoms with Gasteiger partial charge in [-0.2, -0.15) is 0 Å². The number of amides is 2. The number of aryl methyl sites for hydroxylation is 1. The number of hydrogen-bond acceptors (Lipinski definition) is 4. The highest BCUT2D eigenvalue weighted by atomic mass is 79.9. The summed E-state index contributed by atoms with van der Waals surface area (Å²) in [6.45, 7) is 1.91. The van der Waals surface area contributed by atoms with E-state index in [1.807, 2.05) is 31.2 Å². The Labute approximate surface area is 168 Å². The predicted molar refractivity (Wildman–Crippen MR) is 110 cm³/mol. The lowest BCUT2D eigenvalue weighted by atomic mass is 10.2. The molecule has 0 bridgehead atoms. The lowest BCUT2D eigenvalue weighted by molar-refractivity contribution is -0.122. The average molecular weight is 453 g/mol. The fourth-order valence-electron chi connectivity index (χ4n) is 2.27. The molecule has 2 N–H and O–H groups in total. The molecular formula is C18H15BrClN3O2S. The number of anilines is 1. The first-order valence-corrected chi connectivity index (χ1v) is 9.83. The second-order valence-electron chi connectivity index (χ2n) is 5.71. The van der Waals surface area contributed by atoms with E-state index >= 15 is 0 Å². The normalized spacial score (nSPS) is 18.0. The maximum Gasteiger partial charge on any atom is 0.240 e. The minimum absolute atomic E-state index is 0.0697. The van der Waals surface area contributed by atoms with Crippen molar-refractivity contribution < 1.29 is 9.59 Å². The van der Waals surface area contributed by atoms with E-state index < -0.39 is 5.25 Å². The van der Waals surface area contributed by atoms with Gasteiger partial charge in [-0.15, -0.1) is 0 Å². The number of rotatable bonds is 4. The summed E-state index contributed by atoms with van der Waals surface area (Å²) in [7, 11) is 0. The lowest BCUT2D eigenvalue weighted by Gasteiger charge is -2.07. The molecule has 1 heterocycles. The van der Waals surface area contributed by atoms with Gasteiger partial charge in [0.15, 0.2) is 5.17 Å². The Morgan fingerprint density at radius 2 is 2.04 bits per heavy atom. The molecule has 0 radical (unpaired) electrons. The van der Waals surface area contributed by atoms with Crippen molar-refractivity contribution >= 4 is 67.6 Å². The number of aliphatic imine (C=N–C) groups is 1. The monoisotopic (exact) mass is 451 g/mol. The van der Waals surface area contributed by atoms with Gasteiger partial charge in [0.25, 0.3) is 0 Å². The van der Waals surface area contributed by atoms with E-state index in [2.05, 4.69) is 31.6 Å². The van der Waals surface area contributed by atoms with Crippen molar-refractivity contribution in [2.45, 2.75) is 18.6 Å². The summed E-state index contributed by atoms with van der Waals surface area (Å²) in [5.41, 5.74) is 2.30. The van der Waals surface area contributed by atoms with Crippen LogP contribution in [0, 0.1) is 6.92 Å². The first-order valence-electron chi connectivity index (χ1n) is 7.78. The summed E-state index contributed by atoms with van der Waals surface area (Å²) in [6, 6.07) is 12.7. The van der Waals surface area contributed by atoms with Gasteiger partial charge in [0.05, 0.1) is 5.69 Å². The van der Waals surface area contributed by atoms with Crippen LogP contribution in [0.25, 0.3) is 0 Å². The fourth-order valence-corrected chi connectivity index (χ4v) is 3.70. The maximum absolute atomic E-state index is 12.2. The second kappa shape index (κ2) is 8.24. The Morgan fingerprint density at radius 1 is 1.31 bits per heavy atom. The third-order valence-corrected chi connectivity index (χ3v) is 5.68. The van der Waals surface area contributed by atoms with Gasteiger partial charge in [0.2, 0.25) is 11.8 Å². The summed E-state index contributed by atoms with van der Waals surface area (Å²) in [4.78, 5) is 28.7. The molecule has 2 amide bonds. The molecule has 0 saturated carbocycles. The Balaban J connectivity index is 1.62. The highest BCUT2D eigenvalue weighted by molar-refractivity contribution is 9.10. The van der Waals surface area contributed by atoms with Gasteiger partial charge in [0, 0.05) is 21.6 Å². The van der Waals surface area contributed by atoms with Crippen molar-refractivity contribution in [1.29, 1.82) is 0 Å². The second-order valence-corrected chi connectivity index (χ2v) is 8.22. The standard InChI is InChI=1S/C18H15BrClN3O2S/c1-10-2-5-13(8-14(10)20)22-18-23-17(25)15(26-18)9-16(24)21-12-6-3-11(19)4-7-12/h2-8,15H,9H2,1H3,(H,21,24)(H,22,23,25)/t15-/m0/s1. The molecular weight excluding hydrogens is 438 g/mol. The SMILES string of the molecule is Cc1ccc(N=C2NC(=O)[C@H](CC(=O)Nc3ccc(Br)cc3)S2)cc1Cl. The first kappa shape index (κ1) is 18.9. The molecule has 1 aliphatic heterocycles. The Morgan fingerprint density at radius 3 is 2.73 bits per heavy atom. The third-order valence-electron chi connectivity index (χ3n) is 3.66. The van der Waals surface area contributed by atoms with E-state index in [0.29, 0.717) is 21.6 Å². The van der Waals surface area contributed by atoms with Gasteiger partial charge in [-0.1, -0.05) is 45.4 Å². The highest BCUT2D eigenvalue weighted by Gasteiger charge is 2.32. The minimum Gasteiger partial charge on any atom is -0.326 e. The Hall–Kier alpha value is -1.83. The average Bonchev–Trinajstić information content (AvgIpc) is 2.92. The maximum atomic E-state index is 12.2. The number of thioether (sulfide) groups is 1. The molecule has 5 nitrogen and oxygen atoms in total. The van der Waals surface area contributed by atoms with E-state index in [-0.39, 0.29) is 18.2 Å². The van der Waals surface area contributed by atoms with Crippen molar-refractivity contribution in [2.24, 2.45) is 4.99 Å². The molecule has 0 spiro atoms. The molecule has 0 aliphatic carbocycles. The van der Waals surface area contributed by atoms with Crippen LogP contribution in [0.4, 0.5) is 11.4 Å². The molecule has 0 unspecified atom stereocenters. The number of amidine groups is 1. The molecule has 1 atom stereocenters. The summed E-state index contributed by atoms with van der Waals surface area (Å²) in [5.74, 6) is -0.447. The van der Waals surface area contributed by atoms with Crippen molar-refractivity contribution in [3.63, 3.8) is 0 Å². The number of carbonyl (C=O) groups excluding carboxylic acids is 2. The van der Waals surface area contributed by atoms with E-state index in [1.165, 1.54) is 11.8 Å². The zero-order valence-electron chi connectivity index (χ0n) is 13.8. The van der Waals surface area contributed by atoms with Gasteiger partial charge in [-0.05, 0) is 48.9 Å². The molecule has 26 heavy (non-hydrogen) atoms. The summed E-state index contributed by atoms with van der Waals surface area (Å²) in [6.07, 6.45) is 0.0697. The smallest absolute Gasteiger partial charge is 0.240 e. The van der Waals surface area contributed by atoms with Crippen LogP contribution in [0.2, 0.25) is 5.02 Å². The van der Waals surface area contributed by atoms with Crippen LogP contribution < -0.4 is 10.6 Å². The zero-order valence-corrected chi connectivity index (χ0v) is 16.9. The third kappa shape index (κ3) is 4.87. The zero-order chi connectivity index (χ0) is 18.7. The molecule has 0 aromatic heterocycles. The number of carbonyl (C=O) groups is 2. The van der Waals surface area contributed by atoms with Crippen LogP contribution in [0.1, 0.15) is 12.0 Å².